The molecule has 0 fully saturated rings. The number of nitrogens with two attached hydrogens (primary N) is 3. The van der Waals surface area contributed by atoms with Crippen LogP contribution in [0.2, 0.25) is 0 Å². The molecule has 0 spiro atoms. The Balaban J connectivity index is 5.96. The van der Waals surface area contributed by atoms with Crippen molar-refractivity contribution in [3.8, 4) is 0 Å². The minimum absolute atomic E-state index is 0.0491. The Bertz CT molecular complexity index is 1620. The molecule has 24 nitrogen and oxygen atoms in total. The van der Waals surface area contributed by atoms with Gasteiger partial charge in [0.15, 0.2) is 0 Å². The summed E-state index contributed by atoms with van der Waals surface area (Å²) in [5.74, 6) is -11.8. The average Bonchev–Trinajstić information content (AvgIpc) is 3.17. The molecule has 0 aliphatic carbocycles. The van der Waals surface area contributed by atoms with Crippen LogP contribution in [0.5, 0.6) is 0 Å². The first kappa shape index (κ1) is 57.1. The fourth-order valence-electron chi connectivity index (χ4n) is 5.73. The summed E-state index contributed by atoms with van der Waals surface area (Å²) in [6, 6.07) is -10.4. The zero-order valence-corrected chi connectivity index (χ0v) is 37.3. The molecule has 63 heavy (non-hydrogen) atoms. The summed E-state index contributed by atoms with van der Waals surface area (Å²) < 4.78 is 0. The number of carboxylic acid groups (broad SMARTS) is 2. The van der Waals surface area contributed by atoms with Gasteiger partial charge in [0.25, 0.3) is 0 Å². The van der Waals surface area contributed by atoms with E-state index in [4.69, 9.17) is 17.2 Å². The van der Waals surface area contributed by atoms with Crippen LogP contribution in [0, 0.1) is 17.8 Å². The maximum atomic E-state index is 13.6. The molecule has 0 saturated heterocycles. The number of carbonyl (C=O) groups is 11. The van der Waals surface area contributed by atoms with Gasteiger partial charge in [0, 0.05) is 6.42 Å². The zero-order valence-electron chi connectivity index (χ0n) is 37.3. The molecule has 0 bridgehead atoms. The van der Waals surface area contributed by atoms with Crippen LogP contribution in [0.1, 0.15) is 100 Å². The number of aliphatic carboxylic acids is 2. The fraction of sp³-hybridized carbons (Fsp3) is 0.718. The van der Waals surface area contributed by atoms with Crippen molar-refractivity contribution < 1.29 is 63.0 Å². The number of hydrogen-bond acceptors (Lipinski definition) is 13. The van der Waals surface area contributed by atoms with Crippen LogP contribution in [0.25, 0.3) is 0 Å². The number of amides is 9. The normalized spacial score (nSPS) is 14.9. The maximum Gasteiger partial charge on any atom is 0.326 e. The van der Waals surface area contributed by atoms with E-state index in [1.54, 1.807) is 41.5 Å². The summed E-state index contributed by atoms with van der Waals surface area (Å²) in [5.41, 5.74) is 16.5. The van der Waals surface area contributed by atoms with E-state index in [-0.39, 0.29) is 38.1 Å². The van der Waals surface area contributed by atoms with Crippen LogP contribution in [0.15, 0.2) is 0 Å². The van der Waals surface area contributed by atoms with Crippen molar-refractivity contribution in [1.29, 1.82) is 0 Å². The van der Waals surface area contributed by atoms with Crippen molar-refractivity contribution in [3.63, 3.8) is 0 Å². The minimum Gasteiger partial charge on any atom is -0.481 e. The molecule has 0 saturated carbocycles. The molecule has 0 heterocycles. The number of carboxylic acids is 2. The van der Waals surface area contributed by atoms with Gasteiger partial charge in [-0.05, 0) is 70.3 Å². The second-order valence-electron chi connectivity index (χ2n) is 16.4. The average molecular weight is 900 g/mol. The predicted octanol–water partition coefficient (Wildman–Crippen LogP) is -3.82. The maximum absolute atomic E-state index is 13.6. The zero-order chi connectivity index (χ0) is 48.7. The van der Waals surface area contributed by atoms with E-state index >= 15 is 0 Å². The molecule has 0 unspecified atom stereocenters. The molecule has 358 valence electrons. The van der Waals surface area contributed by atoms with Crippen LogP contribution in [0.4, 0.5) is 0 Å². The third-order valence-corrected chi connectivity index (χ3v) is 9.33. The lowest BCUT2D eigenvalue weighted by atomic mass is 10.0. The first-order valence-corrected chi connectivity index (χ1v) is 20.8. The fourth-order valence-corrected chi connectivity index (χ4v) is 5.73. The number of hydrogen-bond donors (Lipinski definition) is 13. The van der Waals surface area contributed by atoms with Crippen molar-refractivity contribution in [2.24, 2.45) is 35.0 Å². The standard InChI is InChI=1S/C39H69N11O13/c1-18(2)15-25(47-32(55)21(7)41)37(60)44-22(8)33(56)48-26(16-29(53)54)34(57)43-17-28(52)49-30(19(3)4)38(61)46-24(12-13-27(42)51)35(58)45-23(11-9-10-14-40)36(59)50-31(20(5)6)39(62)63/h18-26,30-31H,9-17,40-41H2,1-8H3,(H2,42,51)(H,43,57)(H,44,60)(H,45,58)(H,46,61)(H,47,55)(H,48,56)(H,49,52)(H,50,59)(H,53,54)(H,62,63)/t21-,22-,23-,24-,25-,26-,30-,31-/m0/s1. The third kappa shape index (κ3) is 22.7. The first-order valence-electron chi connectivity index (χ1n) is 20.8. The number of primary amides is 1. The van der Waals surface area contributed by atoms with Crippen LogP contribution in [0.3, 0.4) is 0 Å². The number of carbonyl (C=O) groups excluding carboxylic acids is 9. The molecular formula is C39H69N11O13. The molecule has 0 aliphatic rings. The van der Waals surface area contributed by atoms with Crippen LogP contribution in [-0.2, 0) is 52.7 Å². The summed E-state index contributed by atoms with van der Waals surface area (Å²) >= 11 is 0. The molecule has 24 heteroatoms. The van der Waals surface area contributed by atoms with E-state index in [0.29, 0.717) is 12.8 Å². The molecule has 16 N–H and O–H groups in total. The predicted molar refractivity (Wildman–Crippen MR) is 226 cm³/mol. The van der Waals surface area contributed by atoms with E-state index in [1.165, 1.54) is 13.8 Å². The van der Waals surface area contributed by atoms with Crippen molar-refractivity contribution >= 4 is 65.1 Å². The van der Waals surface area contributed by atoms with E-state index in [1.807, 2.05) is 0 Å². The van der Waals surface area contributed by atoms with Gasteiger partial charge >= 0.3 is 11.9 Å². The molecule has 9 amide bonds. The Morgan fingerprint density at radius 3 is 1.54 bits per heavy atom. The van der Waals surface area contributed by atoms with Crippen molar-refractivity contribution in [3.05, 3.63) is 0 Å². The number of unbranched alkanes of at least 4 members (excludes halogenated alkanes) is 1. The van der Waals surface area contributed by atoms with Gasteiger partial charge in [-0.3, -0.25) is 47.9 Å². The highest BCUT2D eigenvalue weighted by molar-refractivity contribution is 5.98. The van der Waals surface area contributed by atoms with E-state index < -0.39 is 138 Å². The van der Waals surface area contributed by atoms with E-state index in [0.717, 1.165) is 0 Å². The molecule has 0 rings (SSSR count). The second-order valence-corrected chi connectivity index (χ2v) is 16.4. The van der Waals surface area contributed by atoms with Crippen LogP contribution < -0.4 is 59.7 Å². The largest absolute Gasteiger partial charge is 0.481 e. The number of rotatable bonds is 30. The van der Waals surface area contributed by atoms with Gasteiger partial charge in [0.2, 0.25) is 53.2 Å². The monoisotopic (exact) mass is 900 g/mol. The topological polar surface area (TPSA) is 403 Å². The van der Waals surface area contributed by atoms with Gasteiger partial charge in [0.05, 0.1) is 19.0 Å². The Kier molecular flexibility index (Phi) is 26.0. The highest BCUT2D eigenvalue weighted by Crippen LogP contribution is 2.10. The van der Waals surface area contributed by atoms with Crippen molar-refractivity contribution in [2.75, 3.05) is 13.1 Å². The highest BCUT2D eigenvalue weighted by atomic mass is 16.4. The van der Waals surface area contributed by atoms with Crippen LogP contribution >= 0.6 is 0 Å². The Labute approximate surface area is 366 Å². The number of nitrogens with one attached hydrogen (secondary N) is 8. The van der Waals surface area contributed by atoms with E-state index in [9.17, 15) is 63.0 Å². The van der Waals surface area contributed by atoms with E-state index in [2.05, 4.69) is 42.5 Å². The molecule has 8 atom stereocenters. The minimum atomic E-state index is -1.73. The van der Waals surface area contributed by atoms with Gasteiger partial charge in [-0.25, -0.2) is 4.79 Å². The lowest BCUT2D eigenvalue weighted by molar-refractivity contribution is -0.143. The third-order valence-electron chi connectivity index (χ3n) is 9.33. The van der Waals surface area contributed by atoms with Gasteiger partial charge in [0.1, 0.15) is 42.3 Å². The lowest BCUT2D eigenvalue weighted by Crippen LogP contribution is -2.59. The summed E-state index contributed by atoms with van der Waals surface area (Å²) in [7, 11) is 0. The molecule has 0 aliphatic heterocycles. The van der Waals surface area contributed by atoms with Gasteiger partial charge < -0.3 is 69.9 Å². The van der Waals surface area contributed by atoms with Crippen molar-refractivity contribution in [2.45, 2.75) is 149 Å². The van der Waals surface area contributed by atoms with Gasteiger partial charge in [-0.1, -0.05) is 41.5 Å². The lowest BCUT2D eigenvalue weighted by Gasteiger charge is -2.27. The molecule has 0 aromatic rings. The SMILES string of the molecule is CC(C)C[C@H](NC(=O)[C@H](C)N)C(=O)N[C@@H](C)C(=O)N[C@@H](CC(=O)O)C(=O)NCC(=O)N[C@H](C(=O)N[C@@H](CCC(N)=O)C(=O)N[C@@H](CCCCN)C(=O)N[C@H](C(=O)O)C(C)C)C(C)C. The second kappa shape index (κ2) is 28.6. The quantitative estimate of drug-likeness (QED) is 0.0307. The van der Waals surface area contributed by atoms with Gasteiger partial charge in [-0.2, -0.15) is 0 Å². The summed E-state index contributed by atoms with van der Waals surface area (Å²) in [6.07, 6.45) is -0.567. The molecule has 0 aromatic heterocycles. The van der Waals surface area contributed by atoms with Crippen molar-refractivity contribution in [1.82, 2.24) is 42.5 Å². The van der Waals surface area contributed by atoms with Crippen LogP contribution in [-0.4, -0.2) is 137 Å². The summed E-state index contributed by atoms with van der Waals surface area (Å²) in [5, 5.41) is 38.1. The summed E-state index contributed by atoms with van der Waals surface area (Å²) in [6.45, 7) is 12.0. The highest BCUT2D eigenvalue weighted by Gasteiger charge is 2.34. The smallest absolute Gasteiger partial charge is 0.326 e. The van der Waals surface area contributed by atoms with Gasteiger partial charge in [-0.15, -0.1) is 0 Å². The first-order chi connectivity index (χ1) is 29.2. The Morgan fingerprint density at radius 2 is 1.05 bits per heavy atom. The summed E-state index contributed by atoms with van der Waals surface area (Å²) in [4.78, 5) is 140. The molecule has 0 aromatic carbocycles. The Morgan fingerprint density at radius 1 is 0.540 bits per heavy atom. The molecular weight excluding hydrogens is 830 g/mol. The molecule has 0 radical (unpaired) electrons. The Hall–Kier alpha value is -5.91.